The summed E-state index contributed by atoms with van der Waals surface area (Å²) in [5.74, 6) is 0.945. The molecule has 0 atom stereocenters. The van der Waals surface area contributed by atoms with Gasteiger partial charge in [0.15, 0.2) is 5.65 Å². The maximum atomic E-state index is 4.30. The van der Waals surface area contributed by atoms with Crippen molar-refractivity contribution in [2.45, 2.75) is 6.42 Å². The third-order valence-electron chi connectivity index (χ3n) is 2.46. The summed E-state index contributed by atoms with van der Waals surface area (Å²) in [6.45, 7) is 0.818. The molecule has 0 saturated carbocycles. The Morgan fingerprint density at radius 1 is 1.28 bits per heavy atom. The van der Waals surface area contributed by atoms with Gasteiger partial charge in [-0.15, -0.1) is 11.3 Å². The standard InChI is InChI=1S/C11H10BrN5S/c12-8-7-15-11(18-8)3-5-14-9-1-4-13-10-2-6-16-17(9)10/h1-2,4,6-7,14H,3,5H2. The van der Waals surface area contributed by atoms with Gasteiger partial charge in [-0.05, 0) is 22.0 Å². The quantitative estimate of drug-likeness (QED) is 0.801. The molecule has 92 valence electrons. The number of thiazole rings is 1. The molecule has 0 bridgehead atoms. The lowest BCUT2D eigenvalue weighted by Crippen LogP contribution is -2.09. The summed E-state index contributed by atoms with van der Waals surface area (Å²) < 4.78 is 2.86. The van der Waals surface area contributed by atoms with E-state index in [1.165, 1.54) is 0 Å². The Morgan fingerprint density at radius 3 is 3.06 bits per heavy atom. The first-order chi connectivity index (χ1) is 8.83. The molecule has 0 aromatic carbocycles. The summed E-state index contributed by atoms with van der Waals surface area (Å²) in [5, 5.41) is 8.67. The molecule has 7 heteroatoms. The third kappa shape index (κ3) is 2.37. The van der Waals surface area contributed by atoms with Crippen molar-refractivity contribution in [3.05, 3.63) is 39.5 Å². The van der Waals surface area contributed by atoms with Crippen molar-refractivity contribution in [1.29, 1.82) is 0 Å². The number of fused-ring (bicyclic) bond motifs is 1. The van der Waals surface area contributed by atoms with Crippen LogP contribution >= 0.6 is 27.3 Å². The SMILES string of the molecule is Brc1cnc(CCNc2ccnc3ccnn23)s1. The maximum absolute atomic E-state index is 4.30. The number of anilines is 1. The van der Waals surface area contributed by atoms with Crippen molar-refractivity contribution < 1.29 is 0 Å². The number of aromatic nitrogens is 4. The van der Waals surface area contributed by atoms with Crippen LogP contribution < -0.4 is 5.32 Å². The molecule has 3 aromatic heterocycles. The van der Waals surface area contributed by atoms with Crippen LogP contribution in [0.4, 0.5) is 5.82 Å². The van der Waals surface area contributed by atoms with Crippen LogP contribution in [-0.4, -0.2) is 26.1 Å². The van der Waals surface area contributed by atoms with Gasteiger partial charge in [-0.2, -0.15) is 9.61 Å². The van der Waals surface area contributed by atoms with E-state index in [1.807, 2.05) is 18.3 Å². The number of nitrogens with one attached hydrogen (secondary N) is 1. The highest BCUT2D eigenvalue weighted by Crippen LogP contribution is 2.19. The van der Waals surface area contributed by atoms with Gasteiger partial charge in [0.05, 0.1) is 21.2 Å². The Hall–Kier alpha value is -1.47. The summed E-state index contributed by atoms with van der Waals surface area (Å²) in [5.41, 5.74) is 0.844. The van der Waals surface area contributed by atoms with E-state index in [0.717, 1.165) is 33.2 Å². The van der Waals surface area contributed by atoms with E-state index in [4.69, 9.17) is 0 Å². The van der Waals surface area contributed by atoms with E-state index in [9.17, 15) is 0 Å². The average molecular weight is 324 g/mol. The van der Waals surface area contributed by atoms with Crippen LogP contribution in [0.15, 0.2) is 34.5 Å². The zero-order valence-electron chi connectivity index (χ0n) is 9.38. The fourth-order valence-corrected chi connectivity index (χ4v) is 2.97. The highest BCUT2D eigenvalue weighted by atomic mass is 79.9. The predicted molar refractivity (Wildman–Crippen MR) is 75.0 cm³/mol. The fraction of sp³-hybridized carbons (Fsp3) is 0.182. The summed E-state index contributed by atoms with van der Waals surface area (Å²) in [4.78, 5) is 8.51. The minimum absolute atomic E-state index is 0.818. The van der Waals surface area contributed by atoms with E-state index in [-0.39, 0.29) is 0 Å². The summed E-state index contributed by atoms with van der Waals surface area (Å²) in [6, 6.07) is 3.79. The highest BCUT2D eigenvalue weighted by Gasteiger charge is 2.02. The molecule has 0 aliphatic heterocycles. The van der Waals surface area contributed by atoms with Crippen LogP contribution in [-0.2, 0) is 6.42 Å². The second-order valence-electron chi connectivity index (χ2n) is 3.67. The lowest BCUT2D eigenvalue weighted by atomic mass is 10.4. The first-order valence-corrected chi connectivity index (χ1v) is 7.07. The molecule has 0 aliphatic carbocycles. The van der Waals surface area contributed by atoms with E-state index >= 15 is 0 Å². The normalized spacial score (nSPS) is 10.9. The number of hydrogen-bond donors (Lipinski definition) is 1. The minimum Gasteiger partial charge on any atom is -0.369 e. The Morgan fingerprint density at radius 2 is 2.22 bits per heavy atom. The monoisotopic (exact) mass is 323 g/mol. The molecule has 0 saturated heterocycles. The van der Waals surface area contributed by atoms with Gasteiger partial charge in [-0.3, -0.25) is 0 Å². The molecule has 1 N–H and O–H groups in total. The van der Waals surface area contributed by atoms with Gasteiger partial charge in [0.25, 0.3) is 0 Å². The second-order valence-corrected chi connectivity index (χ2v) is 6.16. The van der Waals surface area contributed by atoms with Crippen molar-refractivity contribution >= 4 is 38.7 Å². The number of halogens is 1. The van der Waals surface area contributed by atoms with Crippen molar-refractivity contribution in [2.24, 2.45) is 0 Å². The molecule has 0 amide bonds. The highest BCUT2D eigenvalue weighted by molar-refractivity contribution is 9.11. The van der Waals surface area contributed by atoms with E-state index in [2.05, 4.69) is 36.3 Å². The summed E-state index contributed by atoms with van der Waals surface area (Å²) in [7, 11) is 0. The zero-order chi connectivity index (χ0) is 12.4. The first-order valence-electron chi connectivity index (χ1n) is 5.46. The lowest BCUT2D eigenvalue weighted by molar-refractivity contribution is 0.910. The fourth-order valence-electron chi connectivity index (χ4n) is 1.67. The number of rotatable bonds is 4. The summed E-state index contributed by atoms with van der Waals surface area (Å²) in [6.07, 6.45) is 6.24. The zero-order valence-corrected chi connectivity index (χ0v) is 11.8. The molecule has 3 aromatic rings. The maximum Gasteiger partial charge on any atom is 0.157 e. The van der Waals surface area contributed by atoms with Crippen molar-refractivity contribution in [3.63, 3.8) is 0 Å². The smallest absolute Gasteiger partial charge is 0.157 e. The second kappa shape index (κ2) is 5.03. The molecule has 0 unspecified atom stereocenters. The molecule has 3 rings (SSSR count). The van der Waals surface area contributed by atoms with Gasteiger partial charge < -0.3 is 5.32 Å². The van der Waals surface area contributed by atoms with Crippen LogP contribution in [0, 0.1) is 0 Å². The molecular formula is C11H10BrN5S. The molecular weight excluding hydrogens is 314 g/mol. The molecule has 0 aliphatic rings. The lowest BCUT2D eigenvalue weighted by Gasteiger charge is -2.06. The van der Waals surface area contributed by atoms with E-state index in [0.29, 0.717) is 0 Å². The number of nitrogens with zero attached hydrogens (tertiary/aromatic N) is 4. The van der Waals surface area contributed by atoms with Gasteiger partial charge in [-0.1, -0.05) is 0 Å². The molecule has 3 heterocycles. The molecule has 0 radical (unpaired) electrons. The van der Waals surface area contributed by atoms with Gasteiger partial charge in [-0.25, -0.2) is 9.97 Å². The van der Waals surface area contributed by atoms with Crippen LogP contribution in [0.3, 0.4) is 0 Å². The first kappa shape index (κ1) is 11.6. The van der Waals surface area contributed by atoms with Crippen LogP contribution in [0.5, 0.6) is 0 Å². The number of hydrogen-bond acceptors (Lipinski definition) is 5. The molecule has 0 fully saturated rings. The molecule has 0 spiro atoms. The van der Waals surface area contributed by atoms with Crippen LogP contribution in [0.1, 0.15) is 5.01 Å². The Bertz CT molecular complexity index is 662. The predicted octanol–water partition coefficient (Wildman–Crippen LogP) is 2.60. The largest absolute Gasteiger partial charge is 0.369 e. The topological polar surface area (TPSA) is 55.1 Å². The Kier molecular flexibility index (Phi) is 3.24. The van der Waals surface area contributed by atoms with Gasteiger partial charge in [0, 0.05) is 25.2 Å². The van der Waals surface area contributed by atoms with Crippen LogP contribution in [0.25, 0.3) is 5.65 Å². The third-order valence-corrected chi connectivity index (χ3v) is 4.00. The van der Waals surface area contributed by atoms with Crippen LogP contribution in [0.2, 0.25) is 0 Å². The van der Waals surface area contributed by atoms with E-state index in [1.54, 1.807) is 28.2 Å². The Labute approximate surface area is 116 Å². The van der Waals surface area contributed by atoms with Crippen molar-refractivity contribution in [2.75, 3.05) is 11.9 Å². The molecule has 5 nitrogen and oxygen atoms in total. The van der Waals surface area contributed by atoms with Gasteiger partial charge in [0.1, 0.15) is 5.82 Å². The average Bonchev–Trinajstić information content (AvgIpc) is 2.98. The van der Waals surface area contributed by atoms with E-state index < -0.39 is 0 Å². The van der Waals surface area contributed by atoms with Crippen molar-refractivity contribution in [1.82, 2.24) is 19.6 Å². The van der Waals surface area contributed by atoms with Crippen molar-refractivity contribution in [3.8, 4) is 0 Å². The summed E-state index contributed by atoms with van der Waals surface area (Å²) >= 11 is 5.07. The van der Waals surface area contributed by atoms with Gasteiger partial charge >= 0.3 is 0 Å². The molecule has 18 heavy (non-hydrogen) atoms. The van der Waals surface area contributed by atoms with Gasteiger partial charge in [0.2, 0.25) is 0 Å². The Balaban J connectivity index is 1.68. The minimum atomic E-state index is 0.818.